The Morgan fingerprint density at radius 2 is 2.00 bits per heavy atom. The summed E-state index contributed by atoms with van der Waals surface area (Å²) in [7, 11) is 1.85. The highest BCUT2D eigenvalue weighted by Gasteiger charge is 2.24. The summed E-state index contributed by atoms with van der Waals surface area (Å²) >= 11 is 4.04. The SMILES string of the molecule is CN=C(NCc1ccc(N2CCSCC2)cc1)NC1CCC(SC)C1. The van der Waals surface area contributed by atoms with E-state index in [-0.39, 0.29) is 0 Å². The lowest BCUT2D eigenvalue weighted by atomic mass is 10.2. The van der Waals surface area contributed by atoms with Crippen molar-refractivity contribution in [2.24, 2.45) is 4.99 Å². The molecule has 1 aromatic carbocycles. The molecule has 2 unspecified atom stereocenters. The third-order valence-electron chi connectivity index (χ3n) is 5.05. The molecule has 1 saturated heterocycles. The predicted octanol–water partition coefficient (Wildman–Crippen LogP) is 3.19. The Balaban J connectivity index is 1.46. The van der Waals surface area contributed by atoms with Gasteiger partial charge in [0.1, 0.15) is 0 Å². The molecule has 2 N–H and O–H groups in total. The molecule has 4 nitrogen and oxygen atoms in total. The average molecular weight is 379 g/mol. The first-order valence-electron chi connectivity index (χ1n) is 9.20. The number of anilines is 1. The van der Waals surface area contributed by atoms with E-state index < -0.39 is 0 Å². The average Bonchev–Trinajstić information content (AvgIpc) is 3.14. The van der Waals surface area contributed by atoms with Gasteiger partial charge in [-0.25, -0.2) is 0 Å². The molecule has 1 saturated carbocycles. The molecule has 3 rings (SSSR count). The Morgan fingerprint density at radius 3 is 2.64 bits per heavy atom. The van der Waals surface area contributed by atoms with Gasteiger partial charge in [0.15, 0.2) is 5.96 Å². The summed E-state index contributed by atoms with van der Waals surface area (Å²) in [6.07, 6.45) is 6.01. The monoisotopic (exact) mass is 378 g/mol. The van der Waals surface area contributed by atoms with Gasteiger partial charge in [-0.15, -0.1) is 0 Å². The van der Waals surface area contributed by atoms with Crippen molar-refractivity contribution in [3.8, 4) is 0 Å². The van der Waals surface area contributed by atoms with E-state index in [4.69, 9.17) is 0 Å². The van der Waals surface area contributed by atoms with Crippen LogP contribution in [0, 0.1) is 0 Å². The predicted molar refractivity (Wildman–Crippen MR) is 114 cm³/mol. The van der Waals surface area contributed by atoms with Crippen molar-refractivity contribution in [3.63, 3.8) is 0 Å². The molecule has 0 radical (unpaired) electrons. The molecule has 1 aromatic rings. The van der Waals surface area contributed by atoms with E-state index in [1.165, 1.54) is 42.0 Å². The van der Waals surface area contributed by atoms with Crippen LogP contribution in [0.2, 0.25) is 0 Å². The molecule has 0 aromatic heterocycles. The number of benzene rings is 1. The van der Waals surface area contributed by atoms with Crippen molar-refractivity contribution >= 4 is 35.2 Å². The maximum Gasteiger partial charge on any atom is 0.191 e. The molecular formula is C19H30N4S2. The van der Waals surface area contributed by atoms with Crippen LogP contribution < -0.4 is 15.5 Å². The van der Waals surface area contributed by atoms with Crippen LogP contribution in [0.1, 0.15) is 24.8 Å². The second kappa shape index (κ2) is 9.62. The molecule has 0 amide bonds. The van der Waals surface area contributed by atoms with Gasteiger partial charge in [0.2, 0.25) is 0 Å². The Labute approximate surface area is 160 Å². The van der Waals surface area contributed by atoms with E-state index in [1.807, 2.05) is 18.8 Å². The number of nitrogens with one attached hydrogen (secondary N) is 2. The molecule has 6 heteroatoms. The fourth-order valence-electron chi connectivity index (χ4n) is 3.51. The van der Waals surface area contributed by atoms with Crippen LogP contribution >= 0.6 is 23.5 Å². The van der Waals surface area contributed by atoms with E-state index in [9.17, 15) is 0 Å². The second-order valence-electron chi connectivity index (χ2n) is 6.70. The van der Waals surface area contributed by atoms with Gasteiger partial charge in [0.25, 0.3) is 0 Å². The van der Waals surface area contributed by atoms with Crippen molar-refractivity contribution in [1.29, 1.82) is 0 Å². The molecule has 2 atom stereocenters. The van der Waals surface area contributed by atoms with Gasteiger partial charge < -0.3 is 15.5 Å². The number of guanidine groups is 1. The number of thioether (sulfide) groups is 2. The summed E-state index contributed by atoms with van der Waals surface area (Å²) in [5.74, 6) is 3.40. The number of nitrogens with zero attached hydrogens (tertiary/aromatic N) is 2. The minimum absolute atomic E-state index is 0.558. The van der Waals surface area contributed by atoms with E-state index >= 15 is 0 Å². The van der Waals surface area contributed by atoms with Gasteiger partial charge in [-0.2, -0.15) is 23.5 Å². The first-order valence-corrected chi connectivity index (χ1v) is 11.6. The Morgan fingerprint density at radius 1 is 1.24 bits per heavy atom. The Hall–Kier alpha value is -1.01. The van der Waals surface area contributed by atoms with Crippen molar-refractivity contribution in [2.75, 3.05) is 42.8 Å². The van der Waals surface area contributed by atoms with Crippen LogP contribution in [0.25, 0.3) is 0 Å². The van der Waals surface area contributed by atoms with Crippen molar-refractivity contribution in [1.82, 2.24) is 10.6 Å². The summed E-state index contributed by atoms with van der Waals surface area (Å²) in [5.41, 5.74) is 2.65. The second-order valence-corrected chi connectivity index (χ2v) is 9.07. The number of hydrogen-bond donors (Lipinski definition) is 2. The largest absolute Gasteiger partial charge is 0.370 e. The van der Waals surface area contributed by atoms with E-state index in [0.29, 0.717) is 6.04 Å². The summed E-state index contributed by atoms with van der Waals surface area (Å²) in [6, 6.07) is 9.53. The Kier molecular flexibility index (Phi) is 7.23. The lowest BCUT2D eigenvalue weighted by Gasteiger charge is -2.28. The van der Waals surface area contributed by atoms with Crippen LogP contribution in [-0.2, 0) is 6.54 Å². The van der Waals surface area contributed by atoms with Crippen molar-refractivity contribution in [2.45, 2.75) is 37.1 Å². The summed E-state index contributed by atoms with van der Waals surface area (Å²) in [4.78, 5) is 6.87. The topological polar surface area (TPSA) is 39.7 Å². The van der Waals surface area contributed by atoms with Gasteiger partial charge in [-0.3, -0.25) is 4.99 Å². The number of rotatable bonds is 5. The molecule has 2 aliphatic rings. The van der Waals surface area contributed by atoms with Crippen LogP contribution in [-0.4, -0.2) is 55.1 Å². The molecule has 138 valence electrons. The molecular weight excluding hydrogens is 348 g/mol. The maximum absolute atomic E-state index is 4.39. The van der Waals surface area contributed by atoms with E-state index in [0.717, 1.165) is 30.8 Å². The highest BCUT2D eigenvalue weighted by Crippen LogP contribution is 2.28. The first kappa shape index (κ1) is 18.8. The first-order chi connectivity index (χ1) is 12.3. The van der Waals surface area contributed by atoms with Crippen molar-refractivity contribution in [3.05, 3.63) is 29.8 Å². The molecule has 2 fully saturated rings. The van der Waals surface area contributed by atoms with Gasteiger partial charge in [-0.1, -0.05) is 12.1 Å². The van der Waals surface area contributed by atoms with Gasteiger partial charge >= 0.3 is 0 Å². The van der Waals surface area contributed by atoms with Gasteiger partial charge in [-0.05, 0) is 43.2 Å². The third kappa shape index (κ3) is 5.48. The minimum atomic E-state index is 0.558. The van der Waals surface area contributed by atoms with Crippen LogP contribution in [0.5, 0.6) is 0 Å². The molecule has 25 heavy (non-hydrogen) atoms. The normalized spacial score (nSPS) is 24.4. The molecule has 1 aliphatic carbocycles. The summed E-state index contributed by atoms with van der Waals surface area (Å²) in [6.45, 7) is 3.14. The summed E-state index contributed by atoms with van der Waals surface area (Å²) < 4.78 is 0. The standard InChI is InChI=1S/C19H30N4S2/c1-20-19(22-16-5-8-18(13-16)24-2)21-14-15-3-6-17(7-4-15)23-9-11-25-12-10-23/h3-4,6-7,16,18H,5,8-14H2,1-2H3,(H2,20,21,22). The van der Waals surface area contributed by atoms with E-state index in [2.05, 4.69) is 62.8 Å². The lowest BCUT2D eigenvalue weighted by molar-refractivity contribution is 0.614. The maximum atomic E-state index is 4.39. The van der Waals surface area contributed by atoms with Crippen LogP contribution in [0.4, 0.5) is 5.69 Å². The summed E-state index contributed by atoms with van der Waals surface area (Å²) in [5, 5.41) is 7.84. The quantitative estimate of drug-likeness (QED) is 0.608. The fourth-order valence-corrected chi connectivity index (χ4v) is 5.20. The highest BCUT2D eigenvalue weighted by molar-refractivity contribution is 7.99. The van der Waals surface area contributed by atoms with Crippen LogP contribution in [0.15, 0.2) is 29.3 Å². The van der Waals surface area contributed by atoms with Gasteiger partial charge in [0.05, 0.1) is 0 Å². The zero-order chi connectivity index (χ0) is 17.5. The fraction of sp³-hybridized carbons (Fsp3) is 0.632. The lowest BCUT2D eigenvalue weighted by Crippen LogP contribution is -2.42. The Bertz CT molecular complexity index is 555. The number of aliphatic imine (C=N–C) groups is 1. The molecule has 1 heterocycles. The molecule has 1 aliphatic heterocycles. The number of hydrogen-bond acceptors (Lipinski definition) is 4. The van der Waals surface area contributed by atoms with E-state index in [1.54, 1.807) is 0 Å². The van der Waals surface area contributed by atoms with Crippen LogP contribution in [0.3, 0.4) is 0 Å². The molecule has 0 spiro atoms. The zero-order valence-corrected chi connectivity index (χ0v) is 17.0. The van der Waals surface area contributed by atoms with Gasteiger partial charge in [0, 0.05) is 55.2 Å². The highest BCUT2D eigenvalue weighted by atomic mass is 32.2. The zero-order valence-electron chi connectivity index (χ0n) is 15.3. The minimum Gasteiger partial charge on any atom is -0.370 e. The molecule has 0 bridgehead atoms. The van der Waals surface area contributed by atoms with Crippen molar-refractivity contribution < 1.29 is 0 Å². The smallest absolute Gasteiger partial charge is 0.191 e. The third-order valence-corrected chi connectivity index (χ3v) is 7.09.